The van der Waals surface area contributed by atoms with Gasteiger partial charge in [0, 0.05) is 51.8 Å². The Labute approximate surface area is 178 Å². The summed E-state index contributed by atoms with van der Waals surface area (Å²) >= 11 is 0. The molecule has 2 heterocycles. The van der Waals surface area contributed by atoms with Crippen LogP contribution in [0.15, 0.2) is 36.5 Å². The maximum atomic E-state index is 12.5. The van der Waals surface area contributed by atoms with Gasteiger partial charge in [0.1, 0.15) is 18.5 Å². The summed E-state index contributed by atoms with van der Waals surface area (Å²) in [6.07, 6.45) is 3.52. The van der Waals surface area contributed by atoms with Gasteiger partial charge in [-0.1, -0.05) is 18.2 Å². The highest BCUT2D eigenvalue weighted by molar-refractivity contribution is 5.74. The minimum absolute atomic E-state index is 0.0550. The molecule has 1 fully saturated rings. The minimum atomic E-state index is -0.0550. The Kier molecular flexibility index (Phi) is 7.90. The van der Waals surface area contributed by atoms with Crippen molar-refractivity contribution in [1.82, 2.24) is 15.2 Å². The Bertz CT molecular complexity index is 818. The average Bonchev–Trinajstić information content (AvgIpc) is 2.76. The van der Waals surface area contributed by atoms with E-state index in [1.165, 1.54) is 5.56 Å². The van der Waals surface area contributed by atoms with Crippen LogP contribution < -0.4 is 14.8 Å². The van der Waals surface area contributed by atoms with Gasteiger partial charge in [-0.05, 0) is 36.6 Å². The first-order chi connectivity index (χ1) is 14.5. The number of piperidine rings is 1. The molecule has 0 radical (unpaired) electrons. The van der Waals surface area contributed by atoms with Crippen molar-refractivity contribution in [2.75, 3.05) is 33.4 Å². The largest absolute Gasteiger partial charge is 0.490 e. The van der Waals surface area contributed by atoms with Crippen LogP contribution in [0.1, 0.15) is 29.5 Å². The number of carbonyl (C=O) groups is 1. The van der Waals surface area contributed by atoms with Gasteiger partial charge in [-0.15, -0.1) is 0 Å². The number of hydrogen-bond donors (Lipinski definition) is 1. The molecule has 1 aromatic carbocycles. The summed E-state index contributed by atoms with van der Waals surface area (Å²) in [6, 6.07) is 9.90. The molecule has 7 heteroatoms. The lowest BCUT2D eigenvalue weighted by Crippen LogP contribution is -2.46. The molecule has 162 valence electrons. The summed E-state index contributed by atoms with van der Waals surface area (Å²) in [4.78, 5) is 18.6. The van der Waals surface area contributed by atoms with Crippen LogP contribution in [0, 0.1) is 13.8 Å². The minimum Gasteiger partial charge on any atom is -0.490 e. The highest BCUT2D eigenvalue weighted by Gasteiger charge is 2.24. The standard InChI is InChI=1S/C23H31N3O4/c1-17-4-5-18(2)21(14-17)30-20-8-10-26(11-9-20)23(27)25-16-19-6-7-22(24-15-19)29-13-12-28-3/h4-7,14-15,20H,8-13,16H2,1-3H3,(H,25,27). The van der Waals surface area contributed by atoms with E-state index in [0.29, 0.717) is 38.7 Å². The third-order valence-corrected chi connectivity index (χ3v) is 5.15. The van der Waals surface area contributed by atoms with Crippen molar-refractivity contribution in [3.05, 3.63) is 53.2 Å². The van der Waals surface area contributed by atoms with Crippen molar-refractivity contribution in [3.8, 4) is 11.6 Å². The number of pyridine rings is 1. The van der Waals surface area contributed by atoms with Crippen molar-refractivity contribution in [3.63, 3.8) is 0 Å². The smallest absolute Gasteiger partial charge is 0.317 e. The zero-order valence-corrected chi connectivity index (χ0v) is 18.0. The third-order valence-electron chi connectivity index (χ3n) is 5.15. The second-order valence-corrected chi connectivity index (χ2v) is 7.58. The molecule has 7 nitrogen and oxygen atoms in total. The fourth-order valence-electron chi connectivity index (χ4n) is 3.31. The second kappa shape index (κ2) is 10.8. The highest BCUT2D eigenvalue weighted by Crippen LogP contribution is 2.24. The molecule has 1 N–H and O–H groups in total. The number of rotatable bonds is 8. The Hall–Kier alpha value is -2.80. The zero-order valence-electron chi connectivity index (χ0n) is 18.0. The summed E-state index contributed by atoms with van der Waals surface area (Å²) in [7, 11) is 1.63. The van der Waals surface area contributed by atoms with E-state index in [-0.39, 0.29) is 12.1 Å². The van der Waals surface area contributed by atoms with Gasteiger partial charge < -0.3 is 24.4 Å². The number of aryl methyl sites for hydroxylation is 2. The first-order valence-electron chi connectivity index (χ1n) is 10.4. The van der Waals surface area contributed by atoms with E-state index in [1.54, 1.807) is 19.4 Å². The number of amides is 2. The number of benzene rings is 1. The number of nitrogens with zero attached hydrogens (tertiary/aromatic N) is 2. The molecule has 30 heavy (non-hydrogen) atoms. The average molecular weight is 414 g/mol. The van der Waals surface area contributed by atoms with Crippen LogP contribution >= 0.6 is 0 Å². The van der Waals surface area contributed by atoms with Crippen LogP contribution in [-0.4, -0.2) is 55.4 Å². The number of methoxy groups -OCH3 is 1. The van der Waals surface area contributed by atoms with Gasteiger partial charge >= 0.3 is 6.03 Å². The van der Waals surface area contributed by atoms with E-state index in [4.69, 9.17) is 14.2 Å². The molecule has 1 aliphatic heterocycles. The lowest BCUT2D eigenvalue weighted by molar-refractivity contribution is 0.110. The van der Waals surface area contributed by atoms with Crippen LogP contribution in [-0.2, 0) is 11.3 Å². The fraction of sp³-hybridized carbons (Fsp3) is 0.478. The summed E-state index contributed by atoms with van der Waals surface area (Å²) in [6.45, 7) is 6.91. The normalized spacial score (nSPS) is 14.4. The molecule has 2 amide bonds. The van der Waals surface area contributed by atoms with Gasteiger partial charge in [0.2, 0.25) is 5.88 Å². The number of aromatic nitrogens is 1. The maximum absolute atomic E-state index is 12.5. The number of ether oxygens (including phenoxy) is 3. The van der Waals surface area contributed by atoms with E-state index in [2.05, 4.69) is 42.3 Å². The number of likely N-dealkylation sites (tertiary alicyclic amines) is 1. The van der Waals surface area contributed by atoms with E-state index in [9.17, 15) is 4.79 Å². The van der Waals surface area contributed by atoms with Gasteiger partial charge in [-0.25, -0.2) is 9.78 Å². The van der Waals surface area contributed by atoms with Gasteiger partial charge in [0.25, 0.3) is 0 Å². The second-order valence-electron chi connectivity index (χ2n) is 7.58. The summed E-state index contributed by atoms with van der Waals surface area (Å²) in [5.74, 6) is 1.49. The van der Waals surface area contributed by atoms with Crippen molar-refractivity contribution in [2.24, 2.45) is 0 Å². The summed E-state index contributed by atoms with van der Waals surface area (Å²) in [5, 5.41) is 2.97. The Morgan fingerprint density at radius 3 is 2.67 bits per heavy atom. The molecule has 0 atom stereocenters. The van der Waals surface area contributed by atoms with Crippen LogP contribution in [0.2, 0.25) is 0 Å². The van der Waals surface area contributed by atoms with Crippen molar-refractivity contribution < 1.29 is 19.0 Å². The summed E-state index contributed by atoms with van der Waals surface area (Å²) < 4.78 is 16.6. The first-order valence-corrected chi connectivity index (χ1v) is 10.4. The van der Waals surface area contributed by atoms with E-state index in [1.807, 2.05) is 11.0 Å². The number of hydrogen-bond acceptors (Lipinski definition) is 5. The SMILES string of the molecule is COCCOc1ccc(CNC(=O)N2CCC(Oc3cc(C)ccc3C)CC2)cn1. The van der Waals surface area contributed by atoms with E-state index in [0.717, 1.165) is 29.7 Å². The molecule has 0 spiro atoms. The number of urea groups is 1. The molecule has 0 bridgehead atoms. The zero-order chi connectivity index (χ0) is 21.3. The molecule has 1 saturated heterocycles. The van der Waals surface area contributed by atoms with Crippen molar-refractivity contribution >= 4 is 6.03 Å². The van der Waals surface area contributed by atoms with Crippen LogP contribution in [0.5, 0.6) is 11.6 Å². The lowest BCUT2D eigenvalue weighted by atomic mass is 10.1. The van der Waals surface area contributed by atoms with Crippen molar-refractivity contribution in [2.45, 2.75) is 39.3 Å². The number of nitrogens with one attached hydrogen (secondary N) is 1. The Balaban J connectivity index is 1.40. The molecule has 0 unspecified atom stereocenters. The lowest BCUT2D eigenvalue weighted by Gasteiger charge is -2.32. The molecular formula is C23H31N3O4. The highest BCUT2D eigenvalue weighted by atomic mass is 16.5. The van der Waals surface area contributed by atoms with E-state index < -0.39 is 0 Å². The molecule has 0 aliphatic carbocycles. The van der Waals surface area contributed by atoms with Gasteiger partial charge in [0.05, 0.1) is 6.61 Å². The molecule has 1 aromatic heterocycles. The van der Waals surface area contributed by atoms with Crippen LogP contribution in [0.25, 0.3) is 0 Å². The quantitative estimate of drug-likeness (QED) is 0.671. The Morgan fingerprint density at radius 2 is 1.97 bits per heavy atom. The summed E-state index contributed by atoms with van der Waals surface area (Å²) in [5.41, 5.74) is 3.26. The number of carbonyl (C=O) groups excluding carboxylic acids is 1. The molecule has 0 saturated carbocycles. The topological polar surface area (TPSA) is 72.9 Å². The van der Waals surface area contributed by atoms with Crippen LogP contribution in [0.3, 0.4) is 0 Å². The predicted octanol–water partition coefficient (Wildman–Crippen LogP) is 3.48. The van der Waals surface area contributed by atoms with Crippen LogP contribution in [0.4, 0.5) is 4.79 Å². The van der Waals surface area contributed by atoms with Gasteiger partial charge in [-0.3, -0.25) is 0 Å². The predicted molar refractivity (Wildman–Crippen MR) is 115 cm³/mol. The van der Waals surface area contributed by atoms with Crippen molar-refractivity contribution in [1.29, 1.82) is 0 Å². The first kappa shape index (κ1) is 21.9. The Morgan fingerprint density at radius 1 is 1.17 bits per heavy atom. The molecule has 1 aliphatic rings. The monoisotopic (exact) mass is 413 g/mol. The molecule has 2 aromatic rings. The third kappa shape index (κ3) is 6.35. The van der Waals surface area contributed by atoms with E-state index >= 15 is 0 Å². The van der Waals surface area contributed by atoms with Gasteiger partial charge in [-0.2, -0.15) is 0 Å². The molecular weight excluding hydrogens is 382 g/mol. The fourth-order valence-corrected chi connectivity index (χ4v) is 3.31. The van der Waals surface area contributed by atoms with Gasteiger partial charge in [0.15, 0.2) is 0 Å². The molecule has 3 rings (SSSR count). The maximum Gasteiger partial charge on any atom is 0.317 e.